The summed E-state index contributed by atoms with van der Waals surface area (Å²) in [6.45, 7) is 5.68. The third kappa shape index (κ3) is 2.90. The lowest BCUT2D eigenvalue weighted by atomic mass is 10.1. The Kier molecular flexibility index (Phi) is 3.80. The van der Waals surface area contributed by atoms with Gasteiger partial charge >= 0.3 is 0 Å². The molecule has 6 heteroatoms. The zero-order valence-corrected chi connectivity index (χ0v) is 11.0. The van der Waals surface area contributed by atoms with E-state index in [2.05, 4.69) is 5.32 Å². The molecule has 1 aliphatic heterocycles. The molecule has 0 saturated carbocycles. The van der Waals surface area contributed by atoms with Crippen LogP contribution in [0.4, 0.5) is 5.69 Å². The highest BCUT2D eigenvalue weighted by Crippen LogP contribution is 2.22. The Morgan fingerprint density at radius 3 is 2.89 bits per heavy atom. The number of piperazine rings is 1. The van der Waals surface area contributed by atoms with Gasteiger partial charge in [-0.25, -0.2) is 0 Å². The summed E-state index contributed by atoms with van der Waals surface area (Å²) in [6.07, 6.45) is 0. The molecule has 6 nitrogen and oxygen atoms in total. The third-order valence-electron chi connectivity index (χ3n) is 3.24. The van der Waals surface area contributed by atoms with Crippen LogP contribution in [-0.2, 0) is 0 Å². The van der Waals surface area contributed by atoms with Crippen molar-refractivity contribution in [1.82, 2.24) is 10.2 Å². The Balaban J connectivity index is 2.32. The Hall–Kier alpha value is -1.95. The van der Waals surface area contributed by atoms with Crippen LogP contribution >= 0.6 is 0 Å². The number of hydrogen-bond acceptors (Lipinski definition) is 4. The molecule has 1 aliphatic rings. The topological polar surface area (TPSA) is 75.5 Å². The van der Waals surface area contributed by atoms with Gasteiger partial charge in [0.05, 0.1) is 4.92 Å². The Labute approximate surface area is 111 Å². The van der Waals surface area contributed by atoms with Gasteiger partial charge in [0, 0.05) is 31.7 Å². The van der Waals surface area contributed by atoms with Gasteiger partial charge in [-0.15, -0.1) is 0 Å². The summed E-state index contributed by atoms with van der Waals surface area (Å²) in [4.78, 5) is 24.6. The van der Waals surface area contributed by atoms with Crippen LogP contribution < -0.4 is 5.32 Å². The molecule has 0 bridgehead atoms. The van der Waals surface area contributed by atoms with Crippen LogP contribution in [0.5, 0.6) is 0 Å². The smallest absolute Gasteiger partial charge is 0.282 e. The van der Waals surface area contributed by atoms with Gasteiger partial charge in [-0.3, -0.25) is 14.9 Å². The lowest BCUT2D eigenvalue weighted by molar-refractivity contribution is -0.385. The fraction of sp³-hybridized carbons (Fsp3) is 0.462. The molecule has 0 aliphatic carbocycles. The van der Waals surface area contributed by atoms with Crippen LogP contribution in [0.3, 0.4) is 0 Å². The standard InChI is InChI=1S/C13H17N3O3/c1-9-3-4-12(16(18)19)11(7-9)13(17)15-6-5-14-10(2)8-15/h3-4,7,10,14H,5-6,8H2,1-2H3/t10-/m0/s1. The number of benzene rings is 1. The van der Waals surface area contributed by atoms with Crippen molar-refractivity contribution in [3.05, 3.63) is 39.4 Å². The van der Waals surface area contributed by atoms with Crippen LogP contribution in [0.2, 0.25) is 0 Å². The summed E-state index contributed by atoms with van der Waals surface area (Å²) in [6, 6.07) is 4.85. The first-order valence-corrected chi connectivity index (χ1v) is 6.26. The SMILES string of the molecule is Cc1ccc([N+](=O)[O-])c(C(=O)N2CCN[C@@H](C)C2)c1. The van der Waals surface area contributed by atoms with E-state index in [-0.39, 0.29) is 23.2 Å². The van der Waals surface area contributed by atoms with Crippen LogP contribution in [-0.4, -0.2) is 41.4 Å². The summed E-state index contributed by atoms with van der Waals surface area (Å²) in [5, 5.41) is 14.2. The van der Waals surface area contributed by atoms with Crippen LogP contribution in [0.1, 0.15) is 22.8 Å². The molecular weight excluding hydrogens is 246 g/mol. The van der Waals surface area contributed by atoms with E-state index in [1.807, 2.05) is 13.8 Å². The quantitative estimate of drug-likeness (QED) is 0.645. The lowest BCUT2D eigenvalue weighted by Crippen LogP contribution is -2.51. The first-order valence-electron chi connectivity index (χ1n) is 6.26. The Morgan fingerprint density at radius 2 is 2.26 bits per heavy atom. The third-order valence-corrected chi connectivity index (χ3v) is 3.24. The predicted molar refractivity (Wildman–Crippen MR) is 71.2 cm³/mol. The second-order valence-corrected chi connectivity index (χ2v) is 4.88. The molecule has 1 saturated heterocycles. The van der Waals surface area contributed by atoms with Crippen molar-refractivity contribution in [3.63, 3.8) is 0 Å². The highest BCUT2D eigenvalue weighted by molar-refractivity contribution is 5.98. The maximum absolute atomic E-state index is 12.4. The van der Waals surface area contributed by atoms with Gasteiger partial charge in [0.1, 0.15) is 5.56 Å². The number of aryl methyl sites for hydroxylation is 1. The number of amides is 1. The highest BCUT2D eigenvalue weighted by Gasteiger charge is 2.27. The van der Waals surface area contributed by atoms with Gasteiger partial charge < -0.3 is 10.2 Å². The second-order valence-electron chi connectivity index (χ2n) is 4.88. The van der Waals surface area contributed by atoms with Crippen molar-refractivity contribution in [2.45, 2.75) is 19.9 Å². The van der Waals surface area contributed by atoms with E-state index in [1.165, 1.54) is 6.07 Å². The molecule has 1 aromatic rings. The fourth-order valence-corrected chi connectivity index (χ4v) is 2.27. The molecule has 0 radical (unpaired) electrons. The average molecular weight is 263 g/mol. The first-order chi connectivity index (χ1) is 8.99. The maximum Gasteiger partial charge on any atom is 0.282 e. The number of nitro benzene ring substituents is 1. The molecule has 0 unspecified atom stereocenters. The van der Waals surface area contributed by atoms with Crippen molar-refractivity contribution in [2.24, 2.45) is 0 Å². The zero-order chi connectivity index (χ0) is 14.0. The van der Waals surface area contributed by atoms with Gasteiger partial charge in [-0.05, 0) is 25.5 Å². The largest absolute Gasteiger partial charge is 0.336 e. The highest BCUT2D eigenvalue weighted by atomic mass is 16.6. The van der Waals surface area contributed by atoms with Crippen LogP contribution in [0.15, 0.2) is 18.2 Å². The Morgan fingerprint density at radius 1 is 1.53 bits per heavy atom. The predicted octanol–water partition coefficient (Wildman–Crippen LogP) is 1.34. The van der Waals surface area contributed by atoms with Gasteiger partial charge in [0.25, 0.3) is 11.6 Å². The van der Waals surface area contributed by atoms with Crippen molar-refractivity contribution in [3.8, 4) is 0 Å². The molecule has 2 rings (SSSR count). The van der Waals surface area contributed by atoms with E-state index in [0.29, 0.717) is 19.6 Å². The van der Waals surface area contributed by atoms with E-state index in [0.717, 1.165) is 5.56 Å². The molecule has 102 valence electrons. The van der Waals surface area contributed by atoms with E-state index in [4.69, 9.17) is 0 Å². The van der Waals surface area contributed by atoms with E-state index in [1.54, 1.807) is 17.0 Å². The number of hydrogen-bond donors (Lipinski definition) is 1. The normalized spacial score (nSPS) is 19.3. The van der Waals surface area contributed by atoms with Crippen molar-refractivity contribution >= 4 is 11.6 Å². The first kappa shape index (κ1) is 13.5. The number of carbonyl (C=O) groups excluding carboxylic acids is 1. The summed E-state index contributed by atoms with van der Waals surface area (Å²) in [5.74, 6) is -0.260. The molecule has 19 heavy (non-hydrogen) atoms. The van der Waals surface area contributed by atoms with Gasteiger partial charge in [0.2, 0.25) is 0 Å². The summed E-state index contributed by atoms with van der Waals surface area (Å²) < 4.78 is 0. The van der Waals surface area contributed by atoms with Crippen molar-refractivity contribution < 1.29 is 9.72 Å². The maximum atomic E-state index is 12.4. The molecule has 0 spiro atoms. The van der Waals surface area contributed by atoms with E-state index < -0.39 is 4.92 Å². The second kappa shape index (κ2) is 5.36. The lowest BCUT2D eigenvalue weighted by Gasteiger charge is -2.31. The summed E-state index contributed by atoms with van der Waals surface area (Å²) in [7, 11) is 0. The molecule has 1 aromatic carbocycles. The van der Waals surface area contributed by atoms with Gasteiger partial charge in [-0.2, -0.15) is 0 Å². The fourth-order valence-electron chi connectivity index (χ4n) is 2.27. The van der Waals surface area contributed by atoms with Crippen LogP contribution in [0.25, 0.3) is 0 Å². The molecular formula is C13H17N3O3. The Bertz CT molecular complexity index is 516. The van der Waals surface area contributed by atoms with Crippen molar-refractivity contribution in [2.75, 3.05) is 19.6 Å². The number of nitro groups is 1. The van der Waals surface area contributed by atoms with E-state index in [9.17, 15) is 14.9 Å². The van der Waals surface area contributed by atoms with Gasteiger partial charge in [-0.1, -0.05) is 6.07 Å². The minimum atomic E-state index is -0.502. The number of nitrogens with zero attached hydrogens (tertiary/aromatic N) is 2. The molecule has 1 amide bonds. The summed E-state index contributed by atoms with van der Waals surface area (Å²) in [5.41, 5.74) is 0.901. The average Bonchev–Trinajstić information content (AvgIpc) is 2.37. The molecule has 1 N–H and O–H groups in total. The van der Waals surface area contributed by atoms with Gasteiger partial charge in [0.15, 0.2) is 0 Å². The number of carbonyl (C=O) groups is 1. The van der Waals surface area contributed by atoms with Crippen LogP contribution in [0, 0.1) is 17.0 Å². The summed E-state index contributed by atoms with van der Waals surface area (Å²) >= 11 is 0. The zero-order valence-electron chi connectivity index (χ0n) is 11.0. The minimum absolute atomic E-state index is 0.123. The molecule has 1 fully saturated rings. The molecule has 1 atom stereocenters. The minimum Gasteiger partial charge on any atom is -0.336 e. The molecule has 0 aromatic heterocycles. The number of rotatable bonds is 2. The number of nitrogens with one attached hydrogen (secondary N) is 1. The van der Waals surface area contributed by atoms with Crippen molar-refractivity contribution in [1.29, 1.82) is 0 Å². The molecule has 1 heterocycles. The van der Waals surface area contributed by atoms with E-state index >= 15 is 0 Å². The monoisotopic (exact) mass is 263 g/mol.